The number of nitrogens with zero attached hydrogens (tertiary/aromatic N) is 3. The van der Waals surface area contributed by atoms with E-state index in [9.17, 15) is 9.59 Å². The maximum absolute atomic E-state index is 12.5. The SMILES string of the molecule is CC1CN(C(N)=NCCN2C(=O)NC3(CCCC3)C2=O)CCO1.I. The van der Waals surface area contributed by atoms with Crippen molar-refractivity contribution in [3.8, 4) is 0 Å². The summed E-state index contributed by atoms with van der Waals surface area (Å²) in [5.41, 5.74) is 5.35. The number of amides is 3. The van der Waals surface area contributed by atoms with Gasteiger partial charge in [0.2, 0.25) is 0 Å². The zero-order chi connectivity index (χ0) is 16.4. The van der Waals surface area contributed by atoms with Crippen LogP contribution in [0.2, 0.25) is 0 Å². The molecule has 1 spiro atoms. The zero-order valence-corrected chi connectivity index (χ0v) is 16.3. The molecule has 8 nitrogen and oxygen atoms in total. The fourth-order valence-electron chi connectivity index (χ4n) is 3.59. The summed E-state index contributed by atoms with van der Waals surface area (Å²) in [7, 11) is 0. The fourth-order valence-corrected chi connectivity index (χ4v) is 3.59. The second-order valence-electron chi connectivity index (χ2n) is 6.54. The number of ether oxygens (including phenoxy) is 1. The van der Waals surface area contributed by atoms with E-state index in [-0.39, 0.29) is 48.6 Å². The molecule has 3 amide bonds. The van der Waals surface area contributed by atoms with Crippen molar-refractivity contribution in [1.82, 2.24) is 15.1 Å². The number of imide groups is 1. The van der Waals surface area contributed by atoms with Gasteiger partial charge in [0.15, 0.2) is 5.96 Å². The minimum absolute atomic E-state index is 0. The van der Waals surface area contributed by atoms with Gasteiger partial charge >= 0.3 is 6.03 Å². The number of carbonyl (C=O) groups is 2. The number of rotatable bonds is 3. The molecule has 2 aliphatic heterocycles. The van der Waals surface area contributed by atoms with E-state index in [0.717, 1.165) is 25.7 Å². The molecule has 1 saturated carbocycles. The normalized spacial score (nSPS) is 26.7. The highest BCUT2D eigenvalue weighted by molar-refractivity contribution is 14.0. The Morgan fingerprint density at radius 1 is 1.42 bits per heavy atom. The van der Waals surface area contributed by atoms with Gasteiger partial charge < -0.3 is 20.7 Å². The Hall–Kier alpha value is -1.10. The smallest absolute Gasteiger partial charge is 0.325 e. The number of aliphatic imine (C=N–C) groups is 1. The first-order valence-electron chi connectivity index (χ1n) is 8.32. The van der Waals surface area contributed by atoms with Crippen LogP contribution in [0.3, 0.4) is 0 Å². The molecular formula is C15H26IN5O3. The molecule has 3 rings (SSSR count). The molecule has 0 bridgehead atoms. The standard InChI is InChI=1S/C15H25N5O3.HI/c1-11-10-19(8-9-23-11)13(16)17-6-7-20-12(21)15(18-14(20)22)4-2-3-5-15;/h11H,2-10H2,1H3,(H2,16,17)(H,18,22);1H. The first-order chi connectivity index (χ1) is 11.0. The number of nitrogens with two attached hydrogens (primary N) is 1. The molecule has 136 valence electrons. The number of halogens is 1. The highest BCUT2D eigenvalue weighted by Crippen LogP contribution is 2.34. The lowest BCUT2D eigenvalue weighted by Gasteiger charge is -2.31. The highest BCUT2D eigenvalue weighted by atomic mass is 127. The van der Waals surface area contributed by atoms with Gasteiger partial charge in [0.05, 0.1) is 25.8 Å². The first-order valence-corrected chi connectivity index (χ1v) is 8.32. The molecule has 3 aliphatic rings. The van der Waals surface area contributed by atoms with Crippen LogP contribution >= 0.6 is 24.0 Å². The second kappa shape index (κ2) is 7.85. The molecule has 1 aliphatic carbocycles. The van der Waals surface area contributed by atoms with Gasteiger partial charge in [0.1, 0.15) is 5.54 Å². The maximum atomic E-state index is 12.5. The van der Waals surface area contributed by atoms with Gasteiger partial charge in [0, 0.05) is 13.1 Å². The molecule has 0 radical (unpaired) electrons. The lowest BCUT2D eigenvalue weighted by Crippen LogP contribution is -2.48. The maximum Gasteiger partial charge on any atom is 0.325 e. The molecule has 24 heavy (non-hydrogen) atoms. The van der Waals surface area contributed by atoms with Crippen LogP contribution in [-0.4, -0.2) is 72.1 Å². The number of guanidine groups is 1. The van der Waals surface area contributed by atoms with E-state index in [2.05, 4.69) is 10.3 Å². The van der Waals surface area contributed by atoms with E-state index in [1.807, 2.05) is 11.8 Å². The molecule has 1 unspecified atom stereocenters. The Balaban J connectivity index is 0.00000208. The van der Waals surface area contributed by atoms with Crippen molar-refractivity contribution in [3.63, 3.8) is 0 Å². The molecule has 0 aromatic carbocycles. The van der Waals surface area contributed by atoms with E-state index in [1.165, 1.54) is 4.90 Å². The number of hydrogen-bond donors (Lipinski definition) is 2. The second-order valence-corrected chi connectivity index (χ2v) is 6.54. The Morgan fingerprint density at radius 2 is 2.12 bits per heavy atom. The van der Waals surface area contributed by atoms with E-state index in [1.54, 1.807) is 0 Å². The van der Waals surface area contributed by atoms with Crippen molar-refractivity contribution in [1.29, 1.82) is 0 Å². The number of nitrogens with one attached hydrogen (secondary N) is 1. The van der Waals surface area contributed by atoms with E-state index >= 15 is 0 Å². The van der Waals surface area contributed by atoms with Crippen molar-refractivity contribution in [2.75, 3.05) is 32.8 Å². The molecule has 2 saturated heterocycles. The monoisotopic (exact) mass is 451 g/mol. The summed E-state index contributed by atoms with van der Waals surface area (Å²) in [6, 6.07) is -0.300. The third kappa shape index (κ3) is 3.76. The largest absolute Gasteiger partial charge is 0.375 e. The molecule has 2 heterocycles. The number of urea groups is 1. The van der Waals surface area contributed by atoms with Gasteiger partial charge in [-0.3, -0.25) is 14.7 Å². The van der Waals surface area contributed by atoms with Crippen molar-refractivity contribution in [2.45, 2.75) is 44.2 Å². The average molecular weight is 451 g/mol. The van der Waals surface area contributed by atoms with Gasteiger partial charge in [0.25, 0.3) is 5.91 Å². The third-order valence-corrected chi connectivity index (χ3v) is 4.87. The summed E-state index contributed by atoms with van der Waals surface area (Å²) in [5, 5.41) is 2.87. The predicted molar refractivity (Wildman–Crippen MR) is 100 cm³/mol. The summed E-state index contributed by atoms with van der Waals surface area (Å²) < 4.78 is 5.47. The van der Waals surface area contributed by atoms with Crippen LogP contribution in [0, 0.1) is 0 Å². The molecule has 3 N–H and O–H groups in total. The molecule has 3 fully saturated rings. The van der Waals surface area contributed by atoms with Gasteiger partial charge in [-0.2, -0.15) is 0 Å². The number of hydrogen-bond acceptors (Lipinski definition) is 4. The summed E-state index contributed by atoms with van der Waals surface area (Å²) >= 11 is 0. The van der Waals surface area contributed by atoms with Crippen LogP contribution in [0.5, 0.6) is 0 Å². The minimum atomic E-state index is -0.647. The van der Waals surface area contributed by atoms with Crippen LogP contribution < -0.4 is 11.1 Å². The van der Waals surface area contributed by atoms with Crippen LogP contribution in [0.25, 0.3) is 0 Å². The molecule has 0 aromatic heterocycles. The molecular weight excluding hydrogens is 425 g/mol. The lowest BCUT2D eigenvalue weighted by molar-refractivity contribution is -0.131. The Bertz CT molecular complexity index is 521. The predicted octanol–water partition coefficient (Wildman–Crippen LogP) is 0.504. The van der Waals surface area contributed by atoms with E-state index in [4.69, 9.17) is 10.5 Å². The van der Waals surface area contributed by atoms with Crippen LogP contribution in [-0.2, 0) is 9.53 Å². The quantitative estimate of drug-likeness (QED) is 0.282. The first kappa shape index (κ1) is 19.2. The van der Waals surface area contributed by atoms with Crippen molar-refractivity contribution >= 4 is 41.9 Å². The Kier molecular flexibility index (Phi) is 6.29. The van der Waals surface area contributed by atoms with Crippen molar-refractivity contribution < 1.29 is 14.3 Å². The van der Waals surface area contributed by atoms with Gasteiger partial charge in [-0.05, 0) is 19.8 Å². The summed E-state index contributed by atoms with van der Waals surface area (Å²) in [6.45, 7) is 4.65. The lowest BCUT2D eigenvalue weighted by atomic mass is 9.98. The van der Waals surface area contributed by atoms with Crippen LogP contribution in [0.1, 0.15) is 32.6 Å². The Labute approximate surface area is 159 Å². The number of carbonyl (C=O) groups excluding carboxylic acids is 2. The summed E-state index contributed by atoms with van der Waals surface area (Å²) in [5.74, 6) is 0.344. The van der Waals surface area contributed by atoms with E-state index in [0.29, 0.717) is 32.2 Å². The number of morpholine rings is 1. The van der Waals surface area contributed by atoms with Gasteiger partial charge in [-0.25, -0.2) is 4.79 Å². The minimum Gasteiger partial charge on any atom is -0.375 e. The van der Waals surface area contributed by atoms with Gasteiger partial charge in [-0.1, -0.05) is 12.8 Å². The third-order valence-electron chi connectivity index (χ3n) is 4.87. The van der Waals surface area contributed by atoms with Crippen molar-refractivity contribution in [3.05, 3.63) is 0 Å². The fraction of sp³-hybridized carbons (Fsp3) is 0.800. The Morgan fingerprint density at radius 3 is 2.79 bits per heavy atom. The topological polar surface area (TPSA) is 100 Å². The van der Waals surface area contributed by atoms with Crippen LogP contribution in [0.4, 0.5) is 4.79 Å². The average Bonchev–Trinajstić information content (AvgIpc) is 3.08. The molecule has 9 heteroatoms. The summed E-state index contributed by atoms with van der Waals surface area (Å²) in [6.07, 6.45) is 3.59. The van der Waals surface area contributed by atoms with Crippen molar-refractivity contribution in [2.24, 2.45) is 10.7 Å². The summed E-state index contributed by atoms with van der Waals surface area (Å²) in [4.78, 5) is 32.1. The zero-order valence-electron chi connectivity index (χ0n) is 14.0. The van der Waals surface area contributed by atoms with E-state index < -0.39 is 5.54 Å². The molecule has 1 atom stereocenters. The highest BCUT2D eigenvalue weighted by Gasteiger charge is 2.52. The molecule has 0 aromatic rings. The van der Waals surface area contributed by atoms with Gasteiger partial charge in [-0.15, -0.1) is 24.0 Å². The van der Waals surface area contributed by atoms with Crippen LogP contribution in [0.15, 0.2) is 4.99 Å².